The zero-order chi connectivity index (χ0) is 6.81. The third-order valence-electron chi connectivity index (χ3n) is 1.82. The van der Waals surface area contributed by atoms with Gasteiger partial charge in [-0.15, -0.1) is 0 Å². The molecule has 1 heterocycles. The summed E-state index contributed by atoms with van der Waals surface area (Å²) in [6.07, 6.45) is 2.34. The first-order valence-corrected chi connectivity index (χ1v) is 3.67. The molecular weight excluding hydrogens is 147 g/mol. The van der Waals surface area contributed by atoms with Crippen LogP contribution in [0.25, 0.3) is 0 Å². The molecule has 0 atom stereocenters. The van der Waals surface area contributed by atoms with Crippen LogP contribution < -0.4 is 4.74 Å². The second-order valence-electron chi connectivity index (χ2n) is 2.56. The molecular formula is C9H10NaO. The van der Waals surface area contributed by atoms with Gasteiger partial charge in [-0.2, -0.15) is 0 Å². The molecule has 0 spiro atoms. The Balaban J connectivity index is 0.000000605. The third kappa shape index (κ3) is 1.98. The van der Waals surface area contributed by atoms with Gasteiger partial charge in [0.25, 0.3) is 0 Å². The molecule has 0 unspecified atom stereocenters. The van der Waals surface area contributed by atoms with Crippen molar-refractivity contribution in [3.05, 3.63) is 29.8 Å². The van der Waals surface area contributed by atoms with E-state index >= 15 is 0 Å². The van der Waals surface area contributed by atoms with E-state index in [9.17, 15) is 0 Å². The molecule has 0 bridgehead atoms. The number of benzene rings is 1. The Bertz CT molecular complexity index is 210. The molecule has 53 valence electrons. The Morgan fingerprint density at radius 2 is 2.00 bits per heavy atom. The first kappa shape index (κ1) is 9.11. The molecule has 0 saturated carbocycles. The summed E-state index contributed by atoms with van der Waals surface area (Å²) in [7, 11) is 0. The van der Waals surface area contributed by atoms with Crippen LogP contribution in [0, 0.1) is 0 Å². The molecule has 0 aliphatic carbocycles. The van der Waals surface area contributed by atoms with Crippen LogP contribution in [0.15, 0.2) is 24.3 Å². The summed E-state index contributed by atoms with van der Waals surface area (Å²) in [4.78, 5) is 0. The molecule has 1 radical (unpaired) electrons. The Morgan fingerprint density at radius 3 is 2.82 bits per heavy atom. The maximum Gasteiger partial charge on any atom is 0.122 e. The average Bonchev–Trinajstić information content (AvgIpc) is 2.05. The normalized spacial score (nSPS) is 14.2. The predicted octanol–water partition coefficient (Wildman–Crippen LogP) is 1.63. The van der Waals surface area contributed by atoms with E-state index in [0.29, 0.717) is 0 Å². The molecule has 2 heteroatoms. The smallest absolute Gasteiger partial charge is 0.122 e. The van der Waals surface area contributed by atoms with Crippen molar-refractivity contribution in [3.8, 4) is 5.75 Å². The van der Waals surface area contributed by atoms with Crippen molar-refractivity contribution in [1.82, 2.24) is 0 Å². The van der Waals surface area contributed by atoms with Gasteiger partial charge in [-0.1, -0.05) is 18.2 Å². The first-order chi connectivity index (χ1) is 4.97. The summed E-state index contributed by atoms with van der Waals surface area (Å²) in [5.74, 6) is 1.08. The summed E-state index contributed by atoms with van der Waals surface area (Å²) >= 11 is 0. The van der Waals surface area contributed by atoms with Crippen LogP contribution in [0.4, 0.5) is 0 Å². The van der Waals surface area contributed by atoms with Crippen molar-refractivity contribution in [3.63, 3.8) is 0 Å². The molecule has 0 N–H and O–H groups in total. The molecule has 0 amide bonds. The van der Waals surface area contributed by atoms with Gasteiger partial charge in [0.15, 0.2) is 0 Å². The molecule has 0 fully saturated rings. The maximum atomic E-state index is 5.42. The van der Waals surface area contributed by atoms with Gasteiger partial charge < -0.3 is 4.74 Å². The van der Waals surface area contributed by atoms with Crippen LogP contribution >= 0.6 is 0 Å². The van der Waals surface area contributed by atoms with E-state index in [1.165, 1.54) is 12.0 Å². The van der Waals surface area contributed by atoms with Gasteiger partial charge in [0.05, 0.1) is 6.61 Å². The number of hydrogen-bond acceptors (Lipinski definition) is 1. The summed E-state index contributed by atoms with van der Waals surface area (Å²) < 4.78 is 5.42. The van der Waals surface area contributed by atoms with Crippen LogP contribution in [0.2, 0.25) is 0 Å². The third-order valence-corrected chi connectivity index (χ3v) is 1.82. The van der Waals surface area contributed by atoms with E-state index in [4.69, 9.17) is 4.74 Å². The molecule has 1 nitrogen and oxygen atoms in total. The molecule has 1 aromatic carbocycles. The fourth-order valence-corrected chi connectivity index (χ4v) is 1.30. The monoisotopic (exact) mass is 157 g/mol. The topological polar surface area (TPSA) is 9.23 Å². The van der Waals surface area contributed by atoms with E-state index in [0.717, 1.165) is 18.8 Å². The number of hydrogen-bond donors (Lipinski definition) is 0. The minimum atomic E-state index is 0. The van der Waals surface area contributed by atoms with Gasteiger partial charge in [-0.3, -0.25) is 0 Å². The fourth-order valence-electron chi connectivity index (χ4n) is 1.30. The van der Waals surface area contributed by atoms with Crippen LogP contribution in [0.1, 0.15) is 12.0 Å². The summed E-state index contributed by atoms with van der Waals surface area (Å²) in [5.41, 5.74) is 1.36. The molecule has 1 aliphatic heterocycles. The van der Waals surface area contributed by atoms with Crippen molar-refractivity contribution in [1.29, 1.82) is 0 Å². The Labute approximate surface area is 89.0 Å². The number of ether oxygens (including phenoxy) is 1. The van der Waals surface area contributed by atoms with Gasteiger partial charge in [0, 0.05) is 29.6 Å². The molecule has 2 rings (SSSR count). The van der Waals surface area contributed by atoms with Gasteiger partial charge in [0.1, 0.15) is 5.75 Å². The number of aryl methyl sites for hydroxylation is 1. The van der Waals surface area contributed by atoms with E-state index < -0.39 is 0 Å². The van der Waals surface area contributed by atoms with Crippen molar-refractivity contribution in [2.24, 2.45) is 0 Å². The first-order valence-electron chi connectivity index (χ1n) is 3.67. The fraction of sp³-hybridized carbons (Fsp3) is 0.333. The number of rotatable bonds is 0. The summed E-state index contributed by atoms with van der Waals surface area (Å²) in [6.45, 7) is 0.886. The van der Waals surface area contributed by atoms with Crippen LogP contribution in [0.3, 0.4) is 0 Å². The maximum absolute atomic E-state index is 5.42. The second-order valence-corrected chi connectivity index (χ2v) is 2.56. The van der Waals surface area contributed by atoms with Gasteiger partial charge in [-0.25, -0.2) is 0 Å². The van der Waals surface area contributed by atoms with E-state index in [2.05, 4.69) is 12.1 Å². The summed E-state index contributed by atoms with van der Waals surface area (Å²) in [6, 6.07) is 8.25. The van der Waals surface area contributed by atoms with Crippen molar-refractivity contribution in [2.45, 2.75) is 12.8 Å². The van der Waals surface area contributed by atoms with Gasteiger partial charge in [-0.05, 0) is 24.5 Å². The largest absolute Gasteiger partial charge is 0.493 e. The zero-order valence-electron chi connectivity index (χ0n) is 6.84. The number of fused-ring (bicyclic) bond motifs is 1. The van der Waals surface area contributed by atoms with Crippen molar-refractivity contribution < 1.29 is 4.74 Å². The Kier molecular flexibility index (Phi) is 3.44. The molecule has 0 aromatic heterocycles. The minimum Gasteiger partial charge on any atom is -0.493 e. The standard InChI is InChI=1S/C9H10O.Na/c1-2-6-9-8(4-1)5-3-7-10-9;/h1-2,4,6H,3,5,7H2;. The van der Waals surface area contributed by atoms with E-state index in [-0.39, 0.29) is 29.6 Å². The predicted molar refractivity (Wildman–Crippen MR) is 46.0 cm³/mol. The van der Waals surface area contributed by atoms with E-state index in [1.807, 2.05) is 12.1 Å². The van der Waals surface area contributed by atoms with Crippen molar-refractivity contribution in [2.75, 3.05) is 6.61 Å². The molecule has 1 aromatic rings. The molecule has 11 heavy (non-hydrogen) atoms. The van der Waals surface area contributed by atoms with Gasteiger partial charge >= 0.3 is 0 Å². The quantitative estimate of drug-likeness (QED) is 0.520. The average molecular weight is 157 g/mol. The molecule has 0 saturated heterocycles. The second kappa shape index (κ2) is 4.15. The van der Waals surface area contributed by atoms with Crippen molar-refractivity contribution >= 4 is 29.6 Å². The number of para-hydroxylation sites is 1. The summed E-state index contributed by atoms with van der Waals surface area (Å²) in [5, 5.41) is 0. The van der Waals surface area contributed by atoms with Crippen LogP contribution in [0.5, 0.6) is 5.75 Å². The Morgan fingerprint density at radius 1 is 1.18 bits per heavy atom. The van der Waals surface area contributed by atoms with E-state index in [1.54, 1.807) is 0 Å². The minimum absolute atomic E-state index is 0. The van der Waals surface area contributed by atoms with Crippen LogP contribution in [-0.2, 0) is 6.42 Å². The van der Waals surface area contributed by atoms with Gasteiger partial charge in [0.2, 0.25) is 0 Å². The Hall–Kier alpha value is 0.0200. The SMILES string of the molecule is [Na].c1ccc2c(c1)CCCO2. The zero-order valence-corrected chi connectivity index (χ0v) is 8.84. The van der Waals surface area contributed by atoms with Crippen LogP contribution in [-0.4, -0.2) is 36.2 Å². The molecule has 1 aliphatic rings.